The van der Waals surface area contributed by atoms with E-state index >= 15 is 0 Å². The number of ether oxygens (including phenoxy) is 1. The summed E-state index contributed by atoms with van der Waals surface area (Å²) in [5.41, 5.74) is 5.46. The molecule has 2 aromatic heterocycles. The SMILES string of the molecule is Cc1nc(-c2cc(C)n(CC(=O)NC[C@@H]3COc4ccccc4C3)c2C)cs1. The third kappa shape index (κ3) is 3.83. The van der Waals surface area contributed by atoms with E-state index in [1.54, 1.807) is 11.3 Å². The summed E-state index contributed by atoms with van der Waals surface area (Å²) in [6.45, 7) is 7.70. The van der Waals surface area contributed by atoms with Crippen LogP contribution in [-0.2, 0) is 17.8 Å². The van der Waals surface area contributed by atoms with E-state index in [0.29, 0.717) is 25.6 Å². The van der Waals surface area contributed by atoms with Gasteiger partial charge in [0.05, 0.1) is 17.3 Å². The number of benzene rings is 1. The van der Waals surface area contributed by atoms with E-state index in [0.717, 1.165) is 39.8 Å². The van der Waals surface area contributed by atoms with Crippen molar-refractivity contribution in [2.45, 2.75) is 33.7 Å². The van der Waals surface area contributed by atoms with Gasteiger partial charge in [-0.2, -0.15) is 0 Å². The first-order valence-corrected chi connectivity index (χ1v) is 10.5. The molecule has 0 saturated heterocycles. The summed E-state index contributed by atoms with van der Waals surface area (Å²) in [6.07, 6.45) is 0.936. The van der Waals surface area contributed by atoms with E-state index in [9.17, 15) is 4.79 Å². The fourth-order valence-electron chi connectivity index (χ4n) is 3.77. The highest BCUT2D eigenvalue weighted by molar-refractivity contribution is 7.09. The van der Waals surface area contributed by atoms with E-state index < -0.39 is 0 Å². The summed E-state index contributed by atoms with van der Waals surface area (Å²) in [4.78, 5) is 17.2. The van der Waals surface area contributed by atoms with Crippen molar-refractivity contribution in [3.05, 3.63) is 57.7 Å². The van der Waals surface area contributed by atoms with Crippen LogP contribution in [0.1, 0.15) is 22.0 Å². The van der Waals surface area contributed by atoms with Gasteiger partial charge in [0.25, 0.3) is 0 Å². The maximum Gasteiger partial charge on any atom is 0.239 e. The molecule has 0 unspecified atom stereocenters. The maximum absolute atomic E-state index is 12.6. The zero-order valence-corrected chi connectivity index (χ0v) is 17.3. The number of nitrogens with one attached hydrogen (secondary N) is 1. The Bertz CT molecular complexity index is 1010. The Kier molecular flexibility index (Phi) is 5.22. The summed E-state index contributed by atoms with van der Waals surface area (Å²) in [5.74, 6) is 1.30. The average molecular weight is 396 g/mol. The van der Waals surface area contributed by atoms with E-state index in [2.05, 4.69) is 39.3 Å². The minimum atomic E-state index is 0.0293. The molecule has 1 N–H and O–H groups in total. The quantitative estimate of drug-likeness (QED) is 0.713. The van der Waals surface area contributed by atoms with Crippen molar-refractivity contribution in [2.24, 2.45) is 5.92 Å². The number of aromatic nitrogens is 2. The minimum absolute atomic E-state index is 0.0293. The van der Waals surface area contributed by atoms with Crippen LogP contribution in [0.3, 0.4) is 0 Å². The van der Waals surface area contributed by atoms with Crippen molar-refractivity contribution in [2.75, 3.05) is 13.2 Å². The lowest BCUT2D eigenvalue weighted by Crippen LogP contribution is -2.36. The molecule has 3 aromatic rings. The van der Waals surface area contributed by atoms with Crippen molar-refractivity contribution < 1.29 is 9.53 Å². The highest BCUT2D eigenvalue weighted by atomic mass is 32.1. The number of hydrogen-bond donors (Lipinski definition) is 1. The lowest BCUT2D eigenvalue weighted by Gasteiger charge is -2.25. The van der Waals surface area contributed by atoms with Gasteiger partial charge < -0.3 is 14.6 Å². The smallest absolute Gasteiger partial charge is 0.239 e. The van der Waals surface area contributed by atoms with Gasteiger partial charge in [0.2, 0.25) is 5.91 Å². The molecule has 3 heterocycles. The van der Waals surface area contributed by atoms with Gasteiger partial charge >= 0.3 is 0 Å². The van der Waals surface area contributed by atoms with Crippen molar-refractivity contribution in [1.82, 2.24) is 14.9 Å². The van der Waals surface area contributed by atoms with Crippen LogP contribution in [0.2, 0.25) is 0 Å². The lowest BCUT2D eigenvalue weighted by atomic mass is 9.97. The van der Waals surface area contributed by atoms with Crippen LogP contribution in [0.5, 0.6) is 5.75 Å². The largest absolute Gasteiger partial charge is 0.493 e. The molecule has 0 bridgehead atoms. The molecule has 1 aliphatic heterocycles. The number of thiazole rings is 1. The highest BCUT2D eigenvalue weighted by Crippen LogP contribution is 2.28. The molecule has 1 atom stereocenters. The van der Waals surface area contributed by atoms with Gasteiger partial charge in [-0.15, -0.1) is 11.3 Å². The van der Waals surface area contributed by atoms with Crippen LogP contribution in [0.4, 0.5) is 0 Å². The minimum Gasteiger partial charge on any atom is -0.493 e. The molecular formula is C22H25N3O2S. The van der Waals surface area contributed by atoms with Crippen LogP contribution in [0, 0.1) is 26.7 Å². The molecular weight excluding hydrogens is 370 g/mol. The van der Waals surface area contributed by atoms with E-state index in [1.807, 2.05) is 32.0 Å². The Morgan fingerprint density at radius 2 is 2.14 bits per heavy atom. The van der Waals surface area contributed by atoms with Crippen molar-refractivity contribution in [3.8, 4) is 17.0 Å². The second-order valence-corrected chi connectivity index (χ2v) is 8.48. The molecule has 0 aliphatic carbocycles. The second-order valence-electron chi connectivity index (χ2n) is 7.42. The summed E-state index contributed by atoms with van der Waals surface area (Å²) in [6, 6.07) is 10.2. The number of nitrogens with zero attached hydrogens (tertiary/aromatic N) is 2. The predicted octanol–water partition coefficient (Wildman–Crippen LogP) is 3.90. The summed E-state index contributed by atoms with van der Waals surface area (Å²) in [5, 5.41) is 6.21. The van der Waals surface area contributed by atoms with Crippen LogP contribution in [-0.4, -0.2) is 28.6 Å². The number of fused-ring (bicyclic) bond motifs is 1. The molecule has 0 fully saturated rings. The third-order valence-corrected chi connectivity index (χ3v) is 6.09. The Balaban J connectivity index is 1.37. The van der Waals surface area contributed by atoms with Gasteiger partial charge in [-0.3, -0.25) is 4.79 Å². The normalized spacial score (nSPS) is 15.8. The summed E-state index contributed by atoms with van der Waals surface area (Å²) >= 11 is 1.64. The number of carbonyl (C=O) groups is 1. The second kappa shape index (κ2) is 7.80. The predicted molar refractivity (Wildman–Crippen MR) is 112 cm³/mol. The monoisotopic (exact) mass is 395 g/mol. The van der Waals surface area contributed by atoms with Gasteiger partial charge in [-0.25, -0.2) is 4.98 Å². The van der Waals surface area contributed by atoms with Crippen molar-refractivity contribution >= 4 is 17.2 Å². The van der Waals surface area contributed by atoms with E-state index in [4.69, 9.17) is 4.74 Å². The summed E-state index contributed by atoms with van der Waals surface area (Å²) < 4.78 is 7.88. The molecule has 1 aromatic carbocycles. The first kappa shape index (κ1) is 18.7. The highest BCUT2D eigenvalue weighted by Gasteiger charge is 2.20. The number of amides is 1. The number of carbonyl (C=O) groups excluding carboxylic acids is 1. The fraction of sp³-hybridized carbons (Fsp3) is 0.364. The fourth-order valence-corrected chi connectivity index (χ4v) is 4.38. The standard InChI is InChI=1S/C22H25N3O2S/c1-14-8-19(20-13-28-16(3)24-20)15(2)25(14)11-22(26)23-10-17-9-18-6-4-5-7-21(18)27-12-17/h4-8,13,17H,9-12H2,1-3H3,(H,23,26)/t17-/m1/s1. The van der Waals surface area contributed by atoms with Crippen LogP contribution in [0.15, 0.2) is 35.7 Å². The summed E-state index contributed by atoms with van der Waals surface area (Å²) in [7, 11) is 0. The van der Waals surface area contributed by atoms with Crippen LogP contribution >= 0.6 is 11.3 Å². The molecule has 0 spiro atoms. The molecule has 1 aliphatic rings. The van der Waals surface area contributed by atoms with Gasteiger partial charge in [-0.1, -0.05) is 18.2 Å². The van der Waals surface area contributed by atoms with Gasteiger partial charge in [-0.05, 0) is 44.9 Å². The number of rotatable bonds is 5. The molecule has 5 nitrogen and oxygen atoms in total. The van der Waals surface area contributed by atoms with Gasteiger partial charge in [0.15, 0.2) is 0 Å². The Morgan fingerprint density at radius 1 is 1.32 bits per heavy atom. The topological polar surface area (TPSA) is 56.2 Å². The van der Waals surface area contributed by atoms with Gasteiger partial charge in [0, 0.05) is 34.8 Å². The number of hydrogen-bond acceptors (Lipinski definition) is 4. The number of aryl methyl sites for hydroxylation is 2. The maximum atomic E-state index is 12.6. The molecule has 0 radical (unpaired) electrons. The molecule has 0 saturated carbocycles. The Hall–Kier alpha value is -2.60. The molecule has 1 amide bonds. The van der Waals surface area contributed by atoms with E-state index in [1.165, 1.54) is 5.56 Å². The molecule has 28 heavy (non-hydrogen) atoms. The molecule has 146 valence electrons. The van der Waals surface area contributed by atoms with E-state index in [-0.39, 0.29) is 5.91 Å². The van der Waals surface area contributed by atoms with Crippen molar-refractivity contribution in [1.29, 1.82) is 0 Å². The van der Waals surface area contributed by atoms with Gasteiger partial charge in [0.1, 0.15) is 12.3 Å². The van der Waals surface area contributed by atoms with Crippen molar-refractivity contribution in [3.63, 3.8) is 0 Å². The van der Waals surface area contributed by atoms with Crippen LogP contribution < -0.4 is 10.1 Å². The third-order valence-electron chi connectivity index (χ3n) is 5.31. The number of para-hydroxylation sites is 1. The Morgan fingerprint density at radius 3 is 2.93 bits per heavy atom. The lowest BCUT2D eigenvalue weighted by molar-refractivity contribution is -0.121. The first-order valence-electron chi connectivity index (χ1n) is 9.58. The first-order chi connectivity index (χ1) is 13.5. The average Bonchev–Trinajstić information content (AvgIpc) is 3.24. The Labute approximate surface area is 169 Å². The molecule has 4 rings (SSSR count). The zero-order valence-electron chi connectivity index (χ0n) is 16.5. The molecule has 6 heteroatoms. The zero-order chi connectivity index (χ0) is 19.7. The van der Waals surface area contributed by atoms with Crippen LogP contribution in [0.25, 0.3) is 11.3 Å².